The Kier molecular flexibility index (Phi) is 5.09. The summed E-state index contributed by atoms with van der Waals surface area (Å²) >= 11 is 3.43. The van der Waals surface area contributed by atoms with Crippen LogP contribution in [0.2, 0.25) is 0 Å². The molecule has 20 heavy (non-hydrogen) atoms. The number of nitrogens with one attached hydrogen (secondary N) is 1. The molecular weight excluding hydrogens is 318 g/mol. The number of hydrogen-bond donors (Lipinski definition) is 1. The second-order valence-electron chi connectivity index (χ2n) is 4.56. The van der Waals surface area contributed by atoms with E-state index in [4.69, 9.17) is 4.74 Å². The van der Waals surface area contributed by atoms with Gasteiger partial charge >= 0.3 is 6.01 Å². The molecule has 0 aliphatic heterocycles. The van der Waals surface area contributed by atoms with Crippen molar-refractivity contribution in [1.82, 2.24) is 15.3 Å². The Morgan fingerprint density at radius 1 is 1.30 bits per heavy atom. The first kappa shape index (κ1) is 14.9. The van der Waals surface area contributed by atoms with Crippen molar-refractivity contribution in [2.45, 2.75) is 27.3 Å². The second kappa shape index (κ2) is 6.81. The van der Waals surface area contributed by atoms with E-state index < -0.39 is 0 Å². The lowest BCUT2D eigenvalue weighted by molar-refractivity contribution is 0.436. The number of hydrogen-bond acceptors (Lipinski definition) is 4. The van der Waals surface area contributed by atoms with Crippen molar-refractivity contribution in [3.63, 3.8) is 0 Å². The Hall–Kier alpha value is -1.46. The highest BCUT2D eigenvalue weighted by molar-refractivity contribution is 9.10. The van der Waals surface area contributed by atoms with Crippen molar-refractivity contribution < 1.29 is 4.74 Å². The van der Waals surface area contributed by atoms with E-state index >= 15 is 0 Å². The smallest absolute Gasteiger partial charge is 0.322 e. The molecule has 0 spiro atoms. The molecule has 106 valence electrons. The fraction of sp³-hybridized carbons (Fsp3) is 0.333. The van der Waals surface area contributed by atoms with Gasteiger partial charge in [-0.05, 0) is 44.2 Å². The molecular formula is C15H18BrN3O. The molecule has 2 rings (SSSR count). The van der Waals surface area contributed by atoms with Crippen molar-refractivity contribution >= 4 is 15.9 Å². The SMILES string of the molecule is CCNCc1cnc(Oc2ccc(Br)cc2C)nc1C. The van der Waals surface area contributed by atoms with Gasteiger partial charge in [0.15, 0.2) is 0 Å². The molecule has 1 aromatic carbocycles. The van der Waals surface area contributed by atoms with Crippen molar-refractivity contribution in [3.05, 3.63) is 45.7 Å². The van der Waals surface area contributed by atoms with Gasteiger partial charge in [0.2, 0.25) is 0 Å². The maximum atomic E-state index is 5.74. The molecule has 5 heteroatoms. The van der Waals surface area contributed by atoms with Gasteiger partial charge in [-0.1, -0.05) is 22.9 Å². The Morgan fingerprint density at radius 3 is 2.75 bits per heavy atom. The number of nitrogens with zero attached hydrogens (tertiary/aromatic N) is 2. The predicted octanol–water partition coefficient (Wildman–Crippen LogP) is 3.76. The molecule has 0 atom stereocenters. The van der Waals surface area contributed by atoms with Gasteiger partial charge < -0.3 is 10.1 Å². The van der Waals surface area contributed by atoms with Crippen LogP contribution >= 0.6 is 15.9 Å². The third-order valence-electron chi connectivity index (χ3n) is 2.96. The number of rotatable bonds is 5. The summed E-state index contributed by atoms with van der Waals surface area (Å²) in [5.74, 6) is 0.770. The summed E-state index contributed by atoms with van der Waals surface area (Å²) < 4.78 is 6.77. The summed E-state index contributed by atoms with van der Waals surface area (Å²) in [6.07, 6.45) is 1.81. The van der Waals surface area contributed by atoms with Gasteiger partial charge in [0.25, 0.3) is 0 Å². The van der Waals surface area contributed by atoms with Crippen molar-refractivity contribution in [2.75, 3.05) is 6.54 Å². The summed E-state index contributed by atoms with van der Waals surface area (Å²) in [5, 5.41) is 3.26. The molecule has 0 bridgehead atoms. The van der Waals surface area contributed by atoms with Crippen LogP contribution in [0.3, 0.4) is 0 Å². The van der Waals surface area contributed by atoms with Crippen LogP contribution in [0.25, 0.3) is 0 Å². The van der Waals surface area contributed by atoms with Crippen molar-refractivity contribution in [3.8, 4) is 11.8 Å². The monoisotopic (exact) mass is 335 g/mol. The average Bonchev–Trinajstić information content (AvgIpc) is 2.41. The third kappa shape index (κ3) is 3.77. The van der Waals surface area contributed by atoms with E-state index in [1.54, 1.807) is 0 Å². The quantitative estimate of drug-likeness (QED) is 0.903. The van der Waals surface area contributed by atoms with Gasteiger partial charge in [-0.2, -0.15) is 4.98 Å². The van der Waals surface area contributed by atoms with Crippen LogP contribution in [0, 0.1) is 13.8 Å². The molecule has 0 saturated carbocycles. The van der Waals surface area contributed by atoms with Gasteiger partial charge in [-0.15, -0.1) is 0 Å². The number of aromatic nitrogens is 2. The number of ether oxygens (including phenoxy) is 1. The van der Waals surface area contributed by atoms with Crippen LogP contribution in [-0.4, -0.2) is 16.5 Å². The molecule has 0 fully saturated rings. The Bertz CT molecular complexity index is 602. The largest absolute Gasteiger partial charge is 0.424 e. The van der Waals surface area contributed by atoms with Crippen LogP contribution in [0.1, 0.15) is 23.7 Å². The molecule has 4 nitrogen and oxygen atoms in total. The zero-order valence-electron chi connectivity index (χ0n) is 11.9. The van der Waals surface area contributed by atoms with Gasteiger partial charge in [-0.3, -0.25) is 0 Å². The number of aryl methyl sites for hydroxylation is 2. The lowest BCUT2D eigenvalue weighted by Crippen LogP contribution is -2.13. The molecule has 0 amide bonds. The molecule has 1 N–H and O–H groups in total. The normalized spacial score (nSPS) is 10.6. The van der Waals surface area contributed by atoms with Gasteiger partial charge in [0, 0.05) is 28.5 Å². The second-order valence-corrected chi connectivity index (χ2v) is 5.47. The summed E-state index contributed by atoms with van der Waals surface area (Å²) in [7, 11) is 0. The van der Waals surface area contributed by atoms with Crippen LogP contribution in [0.15, 0.2) is 28.9 Å². The fourth-order valence-corrected chi connectivity index (χ4v) is 2.25. The highest BCUT2D eigenvalue weighted by Gasteiger charge is 2.07. The van der Waals surface area contributed by atoms with Gasteiger partial charge in [0.05, 0.1) is 0 Å². The number of benzene rings is 1. The van der Waals surface area contributed by atoms with Crippen molar-refractivity contribution in [1.29, 1.82) is 0 Å². The minimum atomic E-state index is 0.383. The zero-order chi connectivity index (χ0) is 14.5. The summed E-state index contributed by atoms with van der Waals surface area (Å²) in [4.78, 5) is 8.67. The number of halogens is 1. The summed E-state index contributed by atoms with van der Waals surface area (Å²) in [6, 6.07) is 6.23. The van der Waals surface area contributed by atoms with E-state index in [1.807, 2.05) is 38.2 Å². The average molecular weight is 336 g/mol. The summed E-state index contributed by atoms with van der Waals surface area (Å²) in [5.41, 5.74) is 3.06. The lowest BCUT2D eigenvalue weighted by Gasteiger charge is -2.10. The molecule has 0 aliphatic carbocycles. The molecule has 2 aromatic rings. The van der Waals surface area contributed by atoms with E-state index in [9.17, 15) is 0 Å². The highest BCUT2D eigenvalue weighted by atomic mass is 79.9. The van der Waals surface area contributed by atoms with Gasteiger partial charge in [-0.25, -0.2) is 4.98 Å². The van der Waals surface area contributed by atoms with Crippen LogP contribution in [0.5, 0.6) is 11.8 Å². The Balaban J connectivity index is 2.15. The summed E-state index contributed by atoms with van der Waals surface area (Å²) in [6.45, 7) is 7.74. The van der Waals surface area contributed by atoms with Crippen molar-refractivity contribution in [2.24, 2.45) is 0 Å². The molecule has 0 saturated heterocycles. The first-order chi connectivity index (χ1) is 9.60. The molecule has 0 unspecified atom stereocenters. The molecule has 0 aliphatic rings. The Labute approximate surface area is 127 Å². The van der Waals surface area contributed by atoms with E-state index in [-0.39, 0.29) is 0 Å². The topological polar surface area (TPSA) is 47.0 Å². The maximum Gasteiger partial charge on any atom is 0.322 e. The zero-order valence-corrected chi connectivity index (χ0v) is 13.5. The minimum Gasteiger partial charge on any atom is -0.424 e. The lowest BCUT2D eigenvalue weighted by atomic mass is 10.2. The molecule has 0 radical (unpaired) electrons. The first-order valence-corrected chi connectivity index (χ1v) is 7.36. The fourth-order valence-electron chi connectivity index (χ4n) is 1.78. The minimum absolute atomic E-state index is 0.383. The predicted molar refractivity (Wildman–Crippen MR) is 83.1 cm³/mol. The van der Waals surface area contributed by atoms with E-state index in [0.29, 0.717) is 6.01 Å². The highest BCUT2D eigenvalue weighted by Crippen LogP contribution is 2.25. The van der Waals surface area contributed by atoms with E-state index in [0.717, 1.165) is 40.1 Å². The van der Waals surface area contributed by atoms with E-state index in [2.05, 4.69) is 38.1 Å². The molecule has 1 heterocycles. The van der Waals surface area contributed by atoms with Crippen LogP contribution < -0.4 is 10.1 Å². The van der Waals surface area contributed by atoms with Gasteiger partial charge in [0.1, 0.15) is 5.75 Å². The first-order valence-electron chi connectivity index (χ1n) is 6.57. The third-order valence-corrected chi connectivity index (χ3v) is 3.46. The van der Waals surface area contributed by atoms with Crippen LogP contribution in [0.4, 0.5) is 0 Å². The Morgan fingerprint density at radius 2 is 2.10 bits per heavy atom. The molecule has 1 aromatic heterocycles. The standard InChI is InChI=1S/C15H18BrN3O/c1-4-17-8-12-9-18-15(19-11(12)3)20-14-6-5-13(16)7-10(14)2/h5-7,9,17H,4,8H2,1-3H3. The van der Waals surface area contributed by atoms with E-state index in [1.165, 1.54) is 0 Å². The van der Waals surface area contributed by atoms with Crippen LogP contribution in [-0.2, 0) is 6.54 Å². The maximum absolute atomic E-state index is 5.74.